The second kappa shape index (κ2) is 5.47. The van der Waals surface area contributed by atoms with Crippen molar-refractivity contribution in [1.82, 2.24) is 9.78 Å². The van der Waals surface area contributed by atoms with E-state index in [1.165, 1.54) is 5.56 Å². The molecule has 5 heteroatoms. The van der Waals surface area contributed by atoms with Crippen LogP contribution >= 0.6 is 0 Å². The first-order valence-corrected chi connectivity index (χ1v) is 7.65. The summed E-state index contributed by atoms with van der Waals surface area (Å²) in [6, 6.07) is 10.5. The van der Waals surface area contributed by atoms with E-state index in [0.717, 1.165) is 16.8 Å². The molecule has 1 unspecified atom stereocenters. The van der Waals surface area contributed by atoms with E-state index in [2.05, 4.69) is 49.3 Å². The highest BCUT2D eigenvalue weighted by Gasteiger charge is 2.35. The molecule has 23 heavy (non-hydrogen) atoms. The van der Waals surface area contributed by atoms with Crippen LogP contribution in [0, 0.1) is 18.3 Å². The summed E-state index contributed by atoms with van der Waals surface area (Å²) < 4.78 is 7.30. The highest BCUT2D eigenvalue weighted by Crippen LogP contribution is 2.43. The molecule has 0 radical (unpaired) electrons. The molecule has 0 saturated heterocycles. The molecule has 1 aromatic carbocycles. The van der Waals surface area contributed by atoms with Gasteiger partial charge in [-0.1, -0.05) is 38.1 Å². The second-order valence-electron chi connectivity index (χ2n) is 6.17. The SMILES string of the molecule is Cc1nn(C)c2c1C(c1ccc(C(C)C)cc1)C(C#N)=C(N)O2. The van der Waals surface area contributed by atoms with E-state index >= 15 is 0 Å². The Kier molecular flexibility index (Phi) is 3.61. The molecule has 2 aromatic rings. The van der Waals surface area contributed by atoms with Crippen LogP contribution in [0.1, 0.15) is 48.1 Å². The van der Waals surface area contributed by atoms with Crippen LogP contribution in [0.25, 0.3) is 0 Å². The van der Waals surface area contributed by atoms with Gasteiger partial charge in [-0.3, -0.25) is 0 Å². The van der Waals surface area contributed by atoms with E-state index in [1.54, 1.807) is 4.68 Å². The molecule has 0 aliphatic carbocycles. The second-order valence-corrected chi connectivity index (χ2v) is 6.17. The van der Waals surface area contributed by atoms with Gasteiger partial charge < -0.3 is 10.5 Å². The van der Waals surface area contributed by atoms with Crippen LogP contribution in [-0.2, 0) is 7.05 Å². The number of aromatic nitrogens is 2. The number of ether oxygens (including phenoxy) is 1. The van der Waals surface area contributed by atoms with Crippen molar-refractivity contribution < 1.29 is 4.74 Å². The van der Waals surface area contributed by atoms with E-state index in [1.807, 2.05) is 14.0 Å². The highest BCUT2D eigenvalue weighted by molar-refractivity contribution is 5.55. The maximum absolute atomic E-state index is 9.56. The minimum atomic E-state index is -0.237. The molecule has 2 heterocycles. The Morgan fingerprint density at radius 3 is 2.52 bits per heavy atom. The summed E-state index contributed by atoms with van der Waals surface area (Å²) >= 11 is 0. The third kappa shape index (κ3) is 2.36. The number of aryl methyl sites for hydroxylation is 2. The number of hydrogen-bond acceptors (Lipinski definition) is 4. The first-order valence-electron chi connectivity index (χ1n) is 7.65. The first kappa shape index (κ1) is 15.2. The lowest BCUT2D eigenvalue weighted by Gasteiger charge is -2.24. The molecular formula is C18H20N4O. The molecule has 0 bridgehead atoms. The average molecular weight is 308 g/mol. The van der Waals surface area contributed by atoms with Gasteiger partial charge in [-0.2, -0.15) is 10.4 Å². The van der Waals surface area contributed by atoms with Gasteiger partial charge >= 0.3 is 0 Å². The van der Waals surface area contributed by atoms with E-state index in [0.29, 0.717) is 17.4 Å². The number of nitrogens with zero attached hydrogens (tertiary/aromatic N) is 3. The van der Waals surface area contributed by atoms with Crippen molar-refractivity contribution in [3.05, 3.63) is 58.1 Å². The Hall–Kier alpha value is -2.74. The van der Waals surface area contributed by atoms with Gasteiger partial charge in [0.15, 0.2) is 0 Å². The smallest absolute Gasteiger partial charge is 0.224 e. The number of hydrogen-bond donors (Lipinski definition) is 1. The van der Waals surface area contributed by atoms with E-state index in [9.17, 15) is 5.26 Å². The third-order valence-electron chi connectivity index (χ3n) is 4.32. The molecule has 1 atom stereocenters. The Morgan fingerprint density at radius 1 is 1.30 bits per heavy atom. The van der Waals surface area contributed by atoms with Crippen LogP contribution in [0.15, 0.2) is 35.7 Å². The van der Waals surface area contributed by atoms with Crippen LogP contribution < -0.4 is 10.5 Å². The van der Waals surface area contributed by atoms with Crippen molar-refractivity contribution in [3.63, 3.8) is 0 Å². The molecule has 2 N–H and O–H groups in total. The number of allylic oxidation sites excluding steroid dienone is 1. The van der Waals surface area contributed by atoms with Gasteiger partial charge in [0.1, 0.15) is 11.6 Å². The summed E-state index contributed by atoms with van der Waals surface area (Å²) in [4.78, 5) is 0. The Balaban J connectivity index is 2.18. The van der Waals surface area contributed by atoms with Crippen LogP contribution in [0.2, 0.25) is 0 Å². The lowest BCUT2D eigenvalue weighted by atomic mass is 9.83. The summed E-state index contributed by atoms with van der Waals surface area (Å²) in [5.74, 6) is 0.988. The third-order valence-corrected chi connectivity index (χ3v) is 4.32. The standard InChI is InChI=1S/C18H20N4O/c1-10(2)12-5-7-13(8-6-12)16-14(9-19)17(20)23-18-15(16)11(3)21-22(18)4/h5-8,10,16H,20H2,1-4H3. The molecule has 0 fully saturated rings. The minimum Gasteiger partial charge on any atom is -0.422 e. The van der Waals surface area contributed by atoms with Gasteiger partial charge in [0.05, 0.1) is 17.2 Å². The van der Waals surface area contributed by atoms with Crippen LogP contribution in [0.5, 0.6) is 5.88 Å². The Morgan fingerprint density at radius 2 is 1.96 bits per heavy atom. The fraction of sp³-hybridized carbons (Fsp3) is 0.333. The van der Waals surface area contributed by atoms with Crippen molar-refractivity contribution in [1.29, 1.82) is 5.26 Å². The molecular weight excluding hydrogens is 288 g/mol. The van der Waals surface area contributed by atoms with Gasteiger partial charge in [0.2, 0.25) is 11.8 Å². The average Bonchev–Trinajstić information content (AvgIpc) is 2.80. The van der Waals surface area contributed by atoms with Crippen molar-refractivity contribution in [3.8, 4) is 11.9 Å². The fourth-order valence-electron chi connectivity index (χ4n) is 3.08. The highest BCUT2D eigenvalue weighted by atomic mass is 16.5. The summed E-state index contributed by atoms with van der Waals surface area (Å²) in [6.45, 7) is 6.24. The van der Waals surface area contributed by atoms with Crippen molar-refractivity contribution in [2.45, 2.75) is 32.6 Å². The van der Waals surface area contributed by atoms with Gasteiger partial charge in [-0.15, -0.1) is 0 Å². The molecule has 0 amide bonds. The summed E-state index contributed by atoms with van der Waals surface area (Å²) in [7, 11) is 1.81. The van der Waals surface area contributed by atoms with Gasteiger partial charge in [0.25, 0.3) is 0 Å². The van der Waals surface area contributed by atoms with Gasteiger partial charge in [0, 0.05) is 7.05 Å². The van der Waals surface area contributed by atoms with Crippen LogP contribution in [0.4, 0.5) is 0 Å². The number of benzene rings is 1. The van der Waals surface area contributed by atoms with E-state index < -0.39 is 0 Å². The predicted molar refractivity (Wildman–Crippen MR) is 87.8 cm³/mol. The molecule has 0 saturated carbocycles. The van der Waals surface area contributed by atoms with E-state index in [4.69, 9.17) is 10.5 Å². The zero-order chi connectivity index (χ0) is 16.7. The Labute approximate surface area is 136 Å². The molecule has 1 aromatic heterocycles. The predicted octanol–water partition coefficient (Wildman–Crippen LogP) is 3.07. The summed E-state index contributed by atoms with van der Waals surface area (Å²) in [5, 5.41) is 14.0. The number of rotatable bonds is 2. The van der Waals surface area contributed by atoms with Crippen molar-refractivity contribution >= 4 is 0 Å². The molecule has 0 spiro atoms. The largest absolute Gasteiger partial charge is 0.422 e. The van der Waals surface area contributed by atoms with Gasteiger partial charge in [-0.25, -0.2) is 4.68 Å². The zero-order valence-electron chi connectivity index (χ0n) is 13.8. The molecule has 1 aliphatic rings. The number of nitrogens with two attached hydrogens (primary N) is 1. The quantitative estimate of drug-likeness (QED) is 0.925. The molecule has 5 nitrogen and oxygen atoms in total. The molecule has 1 aliphatic heterocycles. The maximum Gasteiger partial charge on any atom is 0.224 e. The van der Waals surface area contributed by atoms with Crippen molar-refractivity contribution in [2.24, 2.45) is 12.8 Å². The van der Waals surface area contributed by atoms with Crippen molar-refractivity contribution in [2.75, 3.05) is 0 Å². The molecule has 118 valence electrons. The zero-order valence-corrected chi connectivity index (χ0v) is 13.8. The number of nitriles is 1. The monoisotopic (exact) mass is 308 g/mol. The van der Waals surface area contributed by atoms with Crippen LogP contribution in [-0.4, -0.2) is 9.78 Å². The normalized spacial score (nSPS) is 17.0. The van der Waals surface area contributed by atoms with Gasteiger partial charge in [-0.05, 0) is 24.0 Å². The minimum absolute atomic E-state index is 0.154. The van der Waals surface area contributed by atoms with Crippen LogP contribution in [0.3, 0.4) is 0 Å². The summed E-state index contributed by atoms with van der Waals surface area (Å²) in [5.41, 5.74) is 10.5. The van der Waals surface area contributed by atoms with E-state index in [-0.39, 0.29) is 11.8 Å². The number of fused-ring (bicyclic) bond motifs is 1. The Bertz CT molecular complexity index is 822. The molecule has 3 rings (SSSR count). The lowest BCUT2D eigenvalue weighted by molar-refractivity contribution is 0.358. The summed E-state index contributed by atoms with van der Waals surface area (Å²) in [6.07, 6.45) is 0. The lowest BCUT2D eigenvalue weighted by Crippen LogP contribution is -2.21. The fourth-order valence-corrected chi connectivity index (χ4v) is 3.08. The maximum atomic E-state index is 9.56. The topological polar surface area (TPSA) is 76.9 Å². The first-order chi connectivity index (χ1) is 10.9.